The average molecular weight is 200 g/mol. The largest absolute Gasteiger partial charge is 0.302 e. The molecule has 0 aliphatic heterocycles. The number of hydrogen-bond donors (Lipinski definition) is 0. The summed E-state index contributed by atoms with van der Waals surface area (Å²) >= 11 is 1.39. The van der Waals surface area contributed by atoms with E-state index in [-0.39, 0.29) is 5.25 Å². The van der Waals surface area contributed by atoms with Crippen LogP contribution >= 0.6 is 11.8 Å². The molecule has 6 heteroatoms. The first-order valence-corrected chi connectivity index (χ1v) is 4.87. The summed E-state index contributed by atoms with van der Waals surface area (Å²) in [6.45, 7) is 3.99. The Kier molecular flexibility index (Phi) is 3.41. The molecular weight excluding hydrogens is 188 g/mol. The van der Waals surface area contributed by atoms with E-state index in [9.17, 15) is 4.79 Å². The Morgan fingerprint density at radius 3 is 2.62 bits per heavy atom. The zero-order chi connectivity index (χ0) is 9.84. The van der Waals surface area contributed by atoms with E-state index in [1.165, 1.54) is 11.8 Å². The van der Waals surface area contributed by atoms with Crippen LogP contribution < -0.4 is 0 Å². The summed E-state index contributed by atoms with van der Waals surface area (Å²) in [6, 6.07) is 0. The Labute approximate surface area is 80.9 Å². The van der Waals surface area contributed by atoms with Crippen molar-refractivity contribution in [1.29, 1.82) is 0 Å². The van der Waals surface area contributed by atoms with Gasteiger partial charge in [-0.15, -0.1) is 5.10 Å². The van der Waals surface area contributed by atoms with E-state index in [1.807, 2.05) is 13.8 Å². The van der Waals surface area contributed by atoms with Crippen LogP contribution in [-0.2, 0) is 11.8 Å². The first-order valence-electron chi connectivity index (χ1n) is 3.99. The van der Waals surface area contributed by atoms with Gasteiger partial charge in [-0.05, 0) is 16.3 Å². The van der Waals surface area contributed by atoms with E-state index in [0.29, 0.717) is 11.1 Å². The number of hydrogen-bond acceptors (Lipinski definition) is 5. The molecule has 0 aromatic carbocycles. The molecule has 1 unspecified atom stereocenters. The first kappa shape index (κ1) is 10.2. The highest BCUT2D eigenvalue weighted by Crippen LogP contribution is 2.23. The minimum Gasteiger partial charge on any atom is -0.302 e. The molecule has 72 valence electrons. The van der Waals surface area contributed by atoms with E-state index in [4.69, 9.17) is 0 Å². The molecule has 0 spiro atoms. The third kappa shape index (κ3) is 2.51. The van der Waals surface area contributed by atoms with Gasteiger partial charge < -0.3 is 4.79 Å². The highest BCUT2D eigenvalue weighted by molar-refractivity contribution is 8.00. The lowest BCUT2D eigenvalue weighted by Gasteiger charge is -2.11. The number of rotatable bonds is 4. The maximum absolute atomic E-state index is 10.7. The Bertz CT molecular complexity index is 286. The van der Waals surface area contributed by atoms with Crippen molar-refractivity contribution in [2.75, 3.05) is 0 Å². The van der Waals surface area contributed by atoms with Crippen LogP contribution in [0.3, 0.4) is 0 Å². The number of tetrazole rings is 1. The molecule has 1 aromatic heterocycles. The van der Waals surface area contributed by atoms with E-state index < -0.39 is 0 Å². The predicted octanol–water partition coefficient (Wildman–Crippen LogP) is 0.526. The van der Waals surface area contributed by atoms with E-state index in [0.717, 1.165) is 6.29 Å². The van der Waals surface area contributed by atoms with Crippen molar-refractivity contribution in [1.82, 2.24) is 20.2 Å². The molecule has 0 saturated heterocycles. The van der Waals surface area contributed by atoms with Gasteiger partial charge in [0.1, 0.15) is 6.29 Å². The quantitative estimate of drug-likeness (QED) is 0.524. The number of aryl methyl sites for hydroxylation is 1. The molecule has 0 amide bonds. The lowest BCUT2D eigenvalue weighted by molar-refractivity contribution is -0.107. The van der Waals surface area contributed by atoms with Gasteiger partial charge in [-0.2, -0.15) is 0 Å². The van der Waals surface area contributed by atoms with Crippen molar-refractivity contribution < 1.29 is 4.79 Å². The molecule has 1 rings (SSSR count). The monoisotopic (exact) mass is 200 g/mol. The van der Waals surface area contributed by atoms with E-state index >= 15 is 0 Å². The van der Waals surface area contributed by atoms with E-state index in [2.05, 4.69) is 15.5 Å². The lowest BCUT2D eigenvalue weighted by Crippen LogP contribution is -2.13. The zero-order valence-electron chi connectivity index (χ0n) is 7.84. The van der Waals surface area contributed by atoms with Crippen molar-refractivity contribution in [3.05, 3.63) is 0 Å². The summed E-state index contributed by atoms with van der Waals surface area (Å²) in [5.74, 6) is 0.291. The Morgan fingerprint density at radius 1 is 1.54 bits per heavy atom. The lowest BCUT2D eigenvalue weighted by atomic mass is 10.1. The van der Waals surface area contributed by atoms with Gasteiger partial charge in [0.15, 0.2) is 0 Å². The van der Waals surface area contributed by atoms with Crippen molar-refractivity contribution in [2.24, 2.45) is 13.0 Å². The maximum atomic E-state index is 10.7. The minimum atomic E-state index is -0.0790. The van der Waals surface area contributed by atoms with Crippen LogP contribution in [0.25, 0.3) is 0 Å². The second-order valence-electron chi connectivity index (χ2n) is 3.05. The van der Waals surface area contributed by atoms with Crippen LogP contribution in [0.4, 0.5) is 0 Å². The molecular formula is C7H12N4OS. The average Bonchev–Trinajstić information content (AvgIpc) is 2.46. The number of nitrogens with zero attached hydrogens (tertiary/aromatic N) is 4. The number of thioether (sulfide) groups is 1. The van der Waals surface area contributed by atoms with Gasteiger partial charge >= 0.3 is 0 Å². The van der Waals surface area contributed by atoms with Crippen molar-refractivity contribution in [3.63, 3.8) is 0 Å². The van der Waals surface area contributed by atoms with Gasteiger partial charge in [-0.25, -0.2) is 4.68 Å². The molecule has 1 heterocycles. The van der Waals surface area contributed by atoms with Crippen LogP contribution in [0.2, 0.25) is 0 Å². The van der Waals surface area contributed by atoms with Crippen molar-refractivity contribution in [3.8, 4) is 0 Å². The summed E-state index contributed by atoms with van der Waals surface area (Å²) in [7, 11) is 1.75. The smallest absolute Gasteiger partial charge is 0.209 e. The highest BCUT2D eigenvalue weighted by atomic mass is 32.2. The van der Waals surface area contributed by atoms with Gasteiger partial charge in [-0.3, -0.25) is 0 Å². The molecule has 1 atom stereocenters. The Hall–Kier alpha value is -0.910. The fourth-order valence-corrected chi connectivity index (χ4v) is 1.61. The van der Waals surface area contributed by atoms with Gasteiger partial charge in [0.25, 0.3) is 0 Å². The summed E-state index contributed by atoms with van der Waals surface area (Å²) in [5, 5.41) is 11.6. The number of carbonyl (C=O) groups is 1. The molecule has 5 nitrogen and oxygen atoms in total. The fourth-order valence-electron chi connectivity index (χ4n) is 0.764. The van der Waals surface area contributed by atoms with Gasteiger partial charge in [0.2, 0.25) is 5.16 Å². The van der Waals surface area contributed by atoms with Crippen molar-refractivity contribution >= 4 is 18.0 Å². The van der Waals surface area contributed by atoms with Crippen molar-refractivity contribution in [2.45, 2.75) is 24.3 Å². The molecule has 0 fully saturated rings. The molecule has 0 aliphatic rings. The van der Waals surface area contributed by atoms with Gasteiger partial charge in [0, 0.05) is 7.05 Å². The van der Waals surface area contributed by atoms with E-state index in [1.54, 1.807) is 11.7 Å². The standard InChI is InChI=1S/C7H12N4OS/c1-5(2)6(4-12)13-7-8-9-10-11(7)3/h4-6H,1-3H3. The highest BCUT2D eigenvalue weighted by Gasteiger charge is 2.16. The van der Waals surface area contributed by atoms with Gasteiger partial charge in [-0.1, -0.05) is 25.6 Å². The van der Waals surface area contributed by atoms with Gasteiger partial charge in [0.05, 0.1) is 5.25 Å². The maximum Gasteiger partial charge on any atom is 0.209 e. The zero-order valence-corrected chi connectivity index (χ0v) is 8.65. The summed E-state index contributed by atoms with van der Waals surface area (Å²) in [6.07, 6.45) is 0.935. The third-order valence-electron chi connectivity index (χ3n) is 1.61. The summed E-state index contributed by atoms with van der Waals surface area (Å²) < 4.78 is 1.56. The molecule has 0 saturated carbocycles. The third-order valence-corrected chi connectivity index (χ3v) is 3.10. The minimum absolute atomic E-state index is 0.0790. The summed E-state index contributed by atoms with van der Waals surface area (Å²) in [5.41, 5.74) is 0. The van der Waals surface area contributed by atoms with Crippen LogP contribution in [0.15, 0.2) is 5.16 Å². The first-order chi connectivity index (χ1) is 6.15. The Balaban J connectivity index is 2.67. The molecule has 0 radical (unpaired) electrons. The molecule has 1 aromatic rings. The second-order valence-corrected chi connectivity index (χ2v) is 4.19. The number of aldehydes is 1. The van der Waals surface area contributed by atoms with Crippen LogP contribution in [-0.4, -0.2) is 31.7 Å². The fraction of sp³-hybridized carbons (Fsp3) is 0.714. The molecule has 13 heavy (non-hydrogen) atoms. The predicted molar refractivity (Wildman–Crippen MR) is 49.3 cm³/mol. The topological polar surface area (TPSA) is 60.7 Å². The SMILES string of the molecule is CC(C)C(C=O)Sc1nnnn1C. The molecule has 0 aliphatic carbocycles. The van der Waals surface area contributed by atoms with Crippen LogP contribution in [0, 0.1) is 5.92 Å². The van der Waals surface area contributed by atoms with Crippen LogP contribution in [0.5, 0.6) is 0 Å². The van der Waals surface area contributed by atoms with Crippen LogP contribution in [0.1, 0.15) is 13.8 Å². The number of carbonyl (C=O) groups excluding carboxylic acids is 1. The second kappa shape index (κ2) is 4.36. The normalized spacial score (nSPS) is 13.2. The Morgan fingerprint density at radius 2 is 2.23 bits per heavy atom. The summed E-state index contributed by atoms with van der Waals surface area (Å²) in [4.78, 5) is 10.7. The number of aromatic nitrogens is 4. The molecule has 0 N–H and O–H groups in total. The molecule has 0 bridgehead atoms.